The monoisotopic (exact) mass is 279 g/mol. The molecule has 102 valence electrons. The van der Waals surface area contributed by atoms with Gasteiger partial charge in [-0.2, -0.15) is 0 Å². The normalized spacial score (nSPS) is 10.6. The van der Waals surface area contributed by atoms with Gasteiger partial charge in [-0.25, -0.2) is 4.68 Å². The predicted octanol–water partition coefficient (Wildman–Crippen LogP) is 0.727. The number of hydrogen-bond acceptors (Lipinski definition) is 5. The van der Waals surface area contributed by atoms with E-state index in [1.54, 1.807) is 22.2 Å². The number of likely N-dealkylation sites (N-methyl/N-ethyl adjacent to an activating group) is 1. The van der Waals surface area contributed by atoms with Crippen molar-refractivity contribution in [1.82, 2.24) is 25.6 Å². The maximum absolute atomic E-state index is 11.8. The minimum absolute atomic E-state index is 0.185. The van der Waals surface area contributed by atoms with E-state index < -0.39 is 0 Å². The fraction of sp³-hybridized carbons (Fsp3) is 0.417. The van der Waals surface area contributed by atoms with Crippen molar-refractivity contribution in [1.29, 1.82) is 0 Å². The van der Waals surface area contributed by atoms with E-state index in [0.29, 0.717) is 18.8 Å². The zero-order chi connectivity index (χ0) is 13.5. The molecular formula is C12H17N5OS. The second-order valence-corrected chi connectivity index (χ2v) is 5.02. The first-order chi connectivity index (χ1) is 9.29. The van der Waals surface area contributed by atoms with E-state index in [1.807, 2.05) is 24.4 Å². The van der Waals surface area contributed by atoms with Gasteiger partial charge >= 0.3 is 0 Å². The van der Waals surface area contributed by atoms with Crippen LogP contribution in [-0.4, -0.2) is 40.5 Å². The zero-order valence-electron chi connectivity index (χ0n) is 10.8. The van der Waals surface area contributed by atoms with Crippen molar-refractivity contribution in [3.05, 3.63) is 34.3 Å². The minimum atomic E-state index is -0.185. The van der Waals surface area contributed by atoms with Gasteiger partial charge in [-0.05, 0) is 18.0 Å². The summed E-state index contributed by atoms with van der Waals surface area (Å²) in [5.74, 6) is -0.185. The molecule has 2 aromatic heterocycles. The largest absolute Gasteiger partial charge is 0.349 e. The Morgan fingerprint density at radius 1 is 1.47 bits per heavy atom. The third-order valence-corrected chi connectivity index (χ3v) is 3.37. The lowest BCUT2D eigenvalue weighted by atomic mass is 10.4. The van der Waals surface area contributed by atoms with E-state index in [4.69, 9.17) is 0 Å². The van der Waals surface area contributed by atoms with Gasteiger partial charge in [0.2, 0.25) is 0 Å². The van der Waals surface area contributed by atoms with Crippen LogP contribution in [0.4, 0.5) is 0 Å². The van der Waals surface area contributed by atoms with Crippen molar-refractivity contribution in [3.8, 4) is 0 Å². The Kier molecular flexibility index (Phi) is 5.05. The maximum atomic E-state index is 11.8. The van der Waals surface area contributed by atoms with Crippen LogP contribution in [0.3, 0.4) is 0 Å². The molecule has 0 spiro atoms. The predicted molar refractivity (Wildman–Crippen MR) is 74.3 cm³/mol. The molecule has 19 heavy (non-hydrogen) atoms. The Morgan fingerprint density at radius 3 is 3.11 bits per heavy atom. The minimum Gasteiger partial charge on any atom is -0.349 e. The fourth-order valence-electron chi connectivity index (χ4n) is 1.57. The summed E-state index contributed by atoms with van der Waals surface area (Å²) in [5.41, 5.74) is 0.355. The first kappa shape index (κ1) is 13.7. The summed E-state index contributed by atoms with van der Waals surface area (Å²) in [4.78, 5) is 13.0. The summed E-state index contributed by atoms with van der Waals surface area (Å²) in [6, 6.07) is 4.02. The van der Waals surface area contributed by atoms with Gasteiger partial charge in [-0.15, -0.1) is 16.4 Å². The van der Waals surface area contributed by atoms with E-state index in [1.165, 1.54) is 4.88 Å². The van der Waals surface area contributed by atoms with Gasteiger partial charge in [0, 0.05) is 18.0 Å². The standard InChI is InChI=1S/C12H17N5OS/c1-2-13-5-6-14-12(18)11-9-17(16-15-11)8-10-4-3-7-19-10/h3-4,7,9,13H,2,5-6,8H2,1H3,(H,14,18). The number of carbonyl (C=O) groups excluding carboxylic acids is 1. The van der Waals surface area contributed by atoms with E-state index in [-0.39, 0.29) is 5.91 Å². The molecule has 0 aliphatic carbocycles. The number of aromatic nitrogens is 3. The third-order valence-electron chi connectivity index (χ3n) is 2.51. The molecule has 0 aliphatic rings. The summed E-state index contributed by atoms with van der Waals surface area (Å²) in [5, 5.41) is 15.8. The van der Waals surface area contributed by atoms with Crippen molar-refractivity contribution in [2.45, 2.75) is 13.5 Å². The van der Waals surface area contributed by atoms with Crippen LogP contribution in [0.1, 0.15) is 22.3 Å². The molecule has 0 bridgehead atoms. The molecule has 0 atom stereocenters. The molecule has 7 heteroatoms. The quantitative estimate of drug-likeness (QED) is 0.733. The Labute approximate surface area is 115 Å². The van der Waals surface area contributed by atoms with Crippen LogP contribution in [0.2, 0.25) is 0 Å². The Hall–Kier alpha value is -1.73. The molecule has 2 rings (SSSR count). The number of hydrogen-bond donors (Lipinski definition) is 2. The van der Waals surface area contributed by atoms with Gasteiger partial charge in [-0.3, -0.25) is 4.79 Å². The molecule has 0 saturated heterocycles. The van der Waals surface area contributed by atoms with Gasteiger partial charge < -0.3 is 10.6 Å². The van der Waals surface area contributed by atoms with Crippen LogP contribution in [0, 0.1) is 0 Å². The van der Waals surface area contributed by atoms with Crippen LogP contribution in [0.25, 0.3) is 0 Å². The Bertz CT molecular complexity index is 508. The molecular weight excluding hydrogens is 262 g/mol. The molecule has 0 radical (unpaired) electrons. The highest BCUT2D eigenvalue weighted by Gasteiger charge is 2.10. The number of thiophene rings is 1. The topological polar surface area (TPSA) is 71.8 Å². The number of nitrogens with zero attached hydrogens (tertiary/aromatic N) is 3. The van der Waals surface area contributed by atoms with Crippen molar-refractivity contribution < 1.29 is 4.79 Å². The van der Waals surface area contributed by atoms with Gasteiger partial charge in [0.15, 0.2) is 5.69 Å². The summed E-state index contributed by atoms with van der Waals surface area (Å²) in [6.07, 6.45) is 1.67. The van der Waals surface area contributed by atoms with Crippen LogP contribution in [0.5, 0.6) is 0 Å². The first-order valence-electron chi connectivity index (χ1n) is 6.21. The molecule has 2 aromatic rings. The van der Waals surface area contributed by atoms with E-state index in [0.717, 1.165) is 13.1 Å². The average molecular weight is 279 g/mol. The lowest BCUT2D eigenvalue weighted by molar-refractivity contribution is 0.0949. The van der Waals surface area contributed by atoms with Crippen LogP contribution >= 0.6 is 11.3 Å². The summed E-state index contributed by atoms with van der Waals surface area (Å²) in [7, 11) is 0. The van der Waals surface area contributed by atoms with E-state index in [2.05, 4.69) is 20.9 Å². The van der Waals surface area contributed by atoms with Crippen molar-refractivity contribution in [2.75, 3.05) is 19.6 Å². The average Bonchev–Trinajstić information content (AvgIpc) is 3.06. The van der Waals surface area contributed by atoms with Gasteiger partial charge in [0.1, 0.15) is 0 Å². The molecule has 1 amide bonds. The van der Waals surface area contributed by atoms with Gasteiger partial charge in [0.25, 0.3) is 5.91 Å². The number of carbonyl (C=O) groups is 1. The molecule has 6 nitrogen and oxygen atoms in total. The Morgan fingerprint density at radius 2 is 2.37 bits per heavy atom. The molecule has 0 fully saturated rings. The summed E-state index contributed by atoms with van der Waals surface area (Å²) in [6.45, 7) is 4.91. The van der Waals surface area contributed by atoms with Crippen molar-refractivity contribution >= 4 is 17.2 Å². The van der Waals surface area contributed by atoms with E-state index in [9.17, 15) is 4.79 Å². The first-order valence-corrected chi connectivity index (χ1v) is 7.09. The number of rotatable bonds is 7. The highest BCUT2D eigenvalue weighted by atomic mass is 32.1. The molecule has 0 aliphatic heterocycles. The second-order valence-electron chi connectivity index (χ2n) is 3.99. The summed E-state index contributed by atoms with van der Waals surface area (Å²) < 4.78 is 1.67. The smallest absolute Gasteiger partial charge is 0.273 e. The molecule has 0 aromatic carbocycles. The SMILES string of the molecule is CCNCCNC(=O)c1cn(Cc2cccs2)nn1. The zero-order valence-corrected chi connectivity index (χ0v) is 11.6. The lowest BCUT2D eigenvalue weighted by Gasteiger charge is -2.02. The Balaban J connectivity index is 1.84. The molecule has 0 unspecified atom stereocenters. The lowest BCUT2D eigenvalue weighted by Crippen LogP contribution is -2.31. The third kappa shape index (κ3) is 4.15. The van der Waals surface area contributed by atoms with Crippen molar-refractivity contribution in [3.63, 3.8) is 0 Å². The van der Waals surface area contributed by atoms with Crippen LogP contribution < -0.4 is 10.6 Å². The maximum Gasteiger partial charge on any atom is 0.273 e. The van der Waals surface area contributed by atoms with Crippen LogP contribution in [-0.2, 0) is 6.54 Å². The van der Waals surface area contributed by atoms with Crippen LogP contribution in [0.15, 0.2) is 23.7 Å². The van der Waals surface area contributed by atoms with Gasteiger partial charge in [0.05, 0.1) is 12.7 Å². The number of nitrogens with one attached hydrogen (secondary N) is 2. The molecule has 2 N–H and O–H groups in total. The van der Waals surface area contributed by atoms with Gasteiger partial charge in [-0.1, -0.05) is 18.2 Å². The highest BCUT2D eigenvalue weighted by Crippen LogP contribution is 2.09. The fourth-order valence-corrected chi connectivity index (χ4v) is 2.27. The summed E-state index contributed by atoms with van der Waals surface area (Å²) >= 11 is 1.66. The second kappa shape index (κ2) is 7.01. The number of amides is 1. The highest BCUT2D eigenvalue weighted by molar-refractivity contribution is 7.09. The molecule has 2 heterocycles. The van der Waals surface area contributed by atoms with Crippen molar-refractivity contribution in [2.24, 2.45) is 0 Å². The molecule has 0 saturated carbocycles. The van der Waals surface area contributed by atoms with E-state index >= 15 is 0 Å².